The van der Waals surface area contributed by atoms with Crippen molar-refractivity contribution in [3.05, 3.63) is 29.1 Å². The Morgan fingerprint density at radius 3 is 2.47 bits per heavy atom. The van der Waals surface area contributed by atoms with E-state index in [2.05, 4.69) is 4.98 Å². The van der Waals surface area contributed by atoms with E-state index in [1.54, 1.807) is 0 Å². The van der Waals surface area contributed by atoms with Crippen molar-refractivity contribution in [2.45, 2.75) is 26.4 Å². The molecule has 0 saturated heterocycles. The highest BCUT2D eigenvalue weighted by Crippen LogP contribution is 2.29. The fourth-order valence-corrected chi connectivity index (χ4v) is 1.48. The largest absolute Gasteiger partial charge is 0.433 e. The third-order valence-electron chi connectivity index (χ3n) is 2.17. The minimum absolute atomic E-state index is 0.0479. The van der Waals surface area contributed by atoms with Crippen molar-refractivity contribution in [2.75, 3.05) is 0 Å². The highest BCUT2D eigenvalue weighted by Gasteiger charge is 2.33. The summed E-state index contributed by atoms with van der Waals surface area (Å²) in [5.74, 6) is -0.640. The van der Waals surface area contributed by atoms with Crippen LogP contribution in [0.1, 0.15) is 35.5 Å². The number of aromatic nitrogens is 1. The third-order valence-corrected chi connectivity index (χ3v) is 2.17. The maximum Gasteiger partial charge on any atom is 0.433 e. The first-order valence-electron chi connectivity index (χ1n) is 5.07. The molecule has 6 heteroatoms. The van der Waals surface area contributed by atoms with Gasteiger partial charge >= 0.3 is 6.18 Å². The molecule has 0 atom stereocenters. The van der Waals surface area contributed by atoms with Gasteiger partial charge in [-0.15, -0.1) is 0 Å². The fraction of sp³-hybridized carbons (Fsp3) is 0.455. The Labute approximate surface area is 96.8 Å². The molecule has 0 saturated carbocycles. The number of amides is 1. The van der Waals surface area contributed by atoms with E-state index < -0.39 is 17.8 Å². The Bertz CT molecular complexity index is 427. The predicted octanol–water partition coefficient (Wildman–Crippen LogP) is 2.40. The average Bonchev–Trinajstić information content (AvgIpc) is 2.14. The number of alkyl halides is 3. The number of rotatable bonds is 3. The van der Waals surface area contributed by atoms with E-state index >= 15 is 0 Å². The Kier molecular flexibility index (Phi) is 3.75. The number of carbonyl (C=O) groups excluding carboxylic acids is 1. The van der Waals surface area contributed by atoms with Gasteiger partial charge in [-0.3, -0.25) is 9.78 Å². The lowest BCUT2D eigenvalue weighted by molar-refractivity contribution is -0.141. The molecule has 0 aromatic carbocycles. The van der Waals surface area contributed by atoms with Crippen molar-refractivity contribution in [1.82, 2.24) is 4.98 Å². The first-order chi connectivity index (χ1) is 7.71. The van der Waals surface area contributed by atoms with Gasteiger partial charge in [-0.1, -0.05) is 13.8 Å². The number of hydrogen-bond acceptors (Lipinski definition) is 2. The van der Waals surface area contributed by atoms with Crippen LogP contribution in [0.4, 0.5) is 13.2 Å². The standard InChI is InChI=1S/C11H13F3N2O/c1-6(2)3-7-4-9(11(12,13)14)16-5-8(7)10(15)17/h4-6H,3H2,1-2H3,(H2,15,17). The van der Waals surface area contributed by atoms with E-state index in [0.717, 1.165) is 12.3 Å². The van der Waals surface area contributed by atoms with E-state index in [1.807, 2.05) is 13.8 Å². The second kappa shape index (κ2) is 4.73. The molecule has 0 unspecified atom stereocenters. The number of pyridine rings is 1. The first-order valence-corrected chi connectivity index (χ1v) is 5.07. The van der Waals surface area contributed by atoms with Crippen LogP contribution in [0.3, 0.4) is 0 Å². The van der Waals surface area contributed by atoms with Gasteiger partial charge in [0.05, 0.1) is 5.56 Å². The van der Waals surface area contributed by atoms with Crippen LogP contribution < -0.4 is 5.73 Å². The smallest absolute Gasteiger partial charge is 0.366 e. The molecule has 0 aliphatic heterocycles. The van der Waals surface area contributed by atoms with Crippen LogP contribution in [0.5, 0.6) is 0 Å². The third kappa shape index (κ3) is 3.44. The molecule has 1 aromatic rings. The van der Waals surface area contributed by atoms with Gasteiger partial charge in [0.1, 0.15) is 5.69 Å². The molecule has 0 aliphatic carbocycles. The highest BCUT2D eigenvalue weighted by atomic mass is 19.4. The normalized spacial score (nSPS) is 11.9. The minimum atomic E-state index is -4.51. The van der Waals surface area contributed by atoms with Crippen molar-refractivity contribution < 1.29 is 18.0 Å². The van der Waals surface area contributed by atoms with Crippen molar-refractivity contribution in [2.24, 2.45) is 11.7 Å². The van der Waals surface area contributed by atoms with Gasteiger partial charge in [0.15, 0.2) is 0 Å². The molecule has 0 fully saturated rings. The maximum absolute atomic E-state index is 12.5. The van der Waals surface area contributed by atoms with Crippen molar-refractivity contribution in [3.63, 3.8) is 0 Å². The van der Waals surface area contributed by atoms with Crippen LogP contribution in [-0.2, 0) is 12.6 Å². The molecule has 2 N–H and O–H groups in total. The Balaban J connectivity index is 3.24. The topological polar surface area (TPSA) is 56.0 Å². The number of nitrogens with two attached hydrogens (primary N) is 1. The highest BCUT2D eigenvalue weighted by molar-refractivity contribution is 5.94. The molecule has 1 aromatic heterocycles. The number of primary amides is 1. The van der Waals surface area contributed by atoms with E-state index in [0.29, 0.717) is 6.42 Å². The zero-order valence-electron chi connectivity index (χ0n) is 9.51. The van der Waals surface area contributed by atoms with Crippen LogP contribution in [0, 0.1) is 5.92 Å². The first kappa shape index (κ1) is 13.5. The monoisotopic (exact) mass is 246 g/mol. The number of halogens is 3. The zero-order chi connectivity index (χ0) is 13.2. The second-order valence-corrected chi connectivity index (χ2v) is 4.19. The van der Waals surface area contributed by atoms with E-state index in [-0.39, 0.29) is 17.0 Å². The maximum atomic E-state index is 12.5. The summed E-state index contributed by atoms with van der Waals surface area (Å²) >= 11 is 0. The van der Waals surface area contributed by atoms with Crippen molar-refractivity contribution >= 4 is 5.91 Å². The summed E-state index contributed by atoms with van der Waals surface area (Å²) < 4.78 is 37.4. The van der Waals surface area contributed by atoms with Crippen LogP contribution >= 0.6 is 0 Å². The van der Waals surface area contributed by atoms with Gasteiger partial charge < -0.3 is 5.73 Å². The summed E-state index contributed by atoms with van der Waals surface area (Å²) in [5, 5.41) is 0. The lowest BCUT2D eigenvalue weighted by Gasteiger charge is -2.12. The van der Waals surface area contributed by atoms with Gasteiger partial charge in [-0.25, -0.2) is 0 Å². The van der Waals surface area contributed by atoms with Crippen LogP contribution in [0.2, 0.25) is 0 Å². The second-order valence-electron chi connectivity index (χ2n) is 4.19. The van der Waals surface area contributed by atoms with Gasteiger partial charge in [-0.2, -0.15) is 13.2 Å². The Morgan fingerprint density at radius 2 is 2.06 bits per heavy atom. The Morgan fingerprint density at radius 1 is 1.47 bits per heavy atom. The van der Waals surface area contributed by atoms with Gasteiger partial charge in [0, 0.05) is 6.20 Å². The number of nitrogens with zero attached hydrogens (tertiary/aromatic N) is 1. The van der Waals surface area contributed by atoms with Crippen LogP contribution in [-0.4, -0.2) is 10.9 Å². The van der Waals surface area contributed by atoms with Crippen molar-refractivity contribution in [1.29, 1.82) is 0 Å². The Hall–Kier alpha value is -1.59. The predicted molar refractivity (Wildman–Crippen MR) is 56.3 cm³/mol. The van der Waals surface area contributed by atoms with Gasteiger partial charge in [0.25, 0.3) is 5.91 Å². The molecular formula is C11H13F3N2O. The lowest BCUT2D eigenvalue weighted by Crippen LogP contribution is -2.18. The molecule has 94 valence electrons. The molecular weight excluding hydrogens is 233 g/mol. The quantitative estimate of drug-likeness (QED) is 0.890. The summed E-state index contributed by atoms with van der Waals surface area (Å²) in [4.78, 5) is 14.3. The summed E-state index contributed by atoms with van der Waals surface area (Å²) in [6, 6.07) is 0.889. The molecule has 0 bridgehead atoms. The summed E-state index contributed by atoms with van der Waals surface area (Å²) in [7, 11) is 0. The number of hydrogen-bond donors (Lipinski definition) is 1. The summed E-state index contributed by atoms with van der Waals surface area (Å²) in [5.41, 5.74) is 4.42. The zero-order valence-corrected chi connectivity index (χ0v) is 9.51. The molecule has 0 spiro atoms. The molecule has 0 aliphatic rings. The lowest BCUT2D eigenvalue weighted by atomic mass is 9.98. The molecule has 0 radical (unpaired) electrons. The van der Waals surface area contributed by atoms with Crippen LogP contribution in [0.25, 0.3) is 0 Å². The molecule has 3 nitrogen and oxygen atoms in total. The van der Waals surface area contributed by atoms with E-state index in [4.69, 9.17) is 5.73 Å². The molecule has 1 heterocycles. The summed E-state index contributed by atoms with van der Waals surface area (Å²) in [6.07, 6.45) is -3.27. The molecule has 1 amide bonds. The average molecular weight is 246 g/mol. The molecule has 1 rings (SSSR count). The van der Waals surface area contributed by atoms with E-state index in [1.165, 1.54) is 0 Å². The molecule has 17 heavy (non-hydrogen) atoms. The summed E-state index contributed by atoms with van der Waals surface area (Å²) in [6.45, 7) is 3.69. The minimum Gasteiger partial charge on any atom is -0.366 e. The van der Waals surface area contributed by atoms with Gasteiger partial charge in [0.2, 0.25) is 0 Å². The fourth-order valence-electron chi connectivity index (χ4n) is 1.48. The SMILES string of the molecule is CC(C)Cc1cc(C(F)(F)F)ncc1C(N)=O. The van der Waals surface area contributed by atoms with E-state index in [9.17, 15) is 18.0 Å². The van der Waals surface area contributed by atoms with Crippen molar-refractivity contribution in [3.8, 4) is 0 Å². The van der Waals surface area contributed by atoms with Crippen LogP contribution in [0.15, 0.2) is 12.3 Å². The van der Waals surface area contributed by atoms with Gasteiger partial charge in [-0.05, 0) is 24.0 Å². The number of carbonyl (C=O) groups is 1.